The highest BCUT2D eigenvalue weighted by Crippen LogP contribution is 2.54. The highest BCUT2D eigenvalue weighted by atomic mass is 16.6. The molecule has 0 radical (unpaired) electrons. The summed E-state index contributed by atoms with van der Waals surface area (Å²) in [6.07, 6.45) is 2.53. The van der Waals surface area contributed by atoms with Crippen LogP contribution < -0.4 is 0 Å². The minimum Gasteiger partial charge on any atom is -0.459 e. The first-order chi connectivity index (χ1) is 9.78. The van der Waals surface area contributed by atoms with Gasteiger partial charge in [0.1, 0.15) is 5.60 Å². The van der Waals surface area contributed by atoms with Crippen molar-refractivity contribution < 1.29 is 9.53 Å². The molecule has 0 amide bonds. The average molecular weight is 288 g/mol. The molecule has 1 saturated heterocycles. The standard InChI is InChI=1S/C17H24N2O2/c1-11(2)12(3)16(4)10-17(21-15(16)20)6-5-13(8-18)14(7-17)9-19/h11-14H,5-7,10H2,1-4H3. The molecule has 5 atom stereocenters. The number of ether oxygens (including phenoxy) is 1. The van der Waals surface area contributed by atoms with Crippen LogP contribution >= 0.6 is 0 Å². The van der Waals surface area contributed by atoms with Crippen molar-refractivity contribution in [1.29, 1.82) is 10.5 Å². The van der Waals surface area contributed by atoms with Crippen molar-refractivity contribution in [3.8, 4) is 12.1 Å². The summed E-state index contributed by atoms with van der Waals surface area (Å²) in [5.41, 5.74) is -1.00. The van der Waals surface area contributed by atoms with Crippen molar-refractivity contribution in [2.45, 2.75) is 59.0 Å². The molecule has 2 rings (SSSR count). The van der Waals surface area contributed by atoms with Gasteiger partial charge in [-0.1, -0.05) is 20.8 Å². The van der Waals surface area contributed by atoms with Gasteiger partial charge >= 0.3 is 5.97 Å². The molecule has 0 aromatic heterocycles. The van der Waals surface area contributed by atoms with E-state index in [4.69, 9.17) is 10.00 Å². The van der Waals surface area contributed by atoms with E-state index < -0.39 is 11.0 Å². The largest absolute Gasteiger partial charge is 0.459 e. The quantitative estimate of drug-likeness (QED) is 0.729. The summed E-state index contributed by atoms with van der Waals surface area (Å²) in [6.45, 7) is 8.35. The van der Waals surface area contributed by atoms with E-state index >= 15 is 0 Å². The molecule has 2 aliphatic rings. The Labute approximate surface area is 127 Å². The Bertz CT molecular complexity index is 516. The third-order valence-corrected chi connectivity index (χ3v) is 5.79. The molecule has 1 heterocycles. The minimum absolute atomic E-state index is 0.129. The highest BCUT2D eigenvalue weighted by molar-refractivity contribution is 5.79. The summed E-state index contributed by atoms with van der Waals surface area (Å²) < 4.78 is 5.80. The summed E-state index contributed by atoms with van der Waals surface area (Å²) >= 11 is 0. The maximum atomic E-state index is 12.5. The van der Waals surface area contributed by atoms with Gasteiger partial charge in [0.25, 0.3) is 0 Å². The average Bonchev–Trinajstić information content (AvgIpc) is 2.69. The van der Waals surface area contributed by atoms with E-state index in [2.05, 4.69) is 32.9 Å². The molecule has 114 valence electrons. The van der Waals surface area contributed by atoms with Crippen molar-refractivity contribution in [3.63, 3.8) is 0 Å². The van der Waals surface area contributed by atoms with Crippen molar-refractivity contribution in [2.75, 3.05) is 0 Å². The van der Waals surface area contributed by atoms with Crippen LogP contribution in [0.3, 0.4) is 0 Å². The Balaban J connectivity index is 2.23. The summed E-state index contributed by atoms with van der Waals surface area (Å²) in [7, 11) is 0. The van der Waals surface area contributed by atoms with Gasteiger partial charge < -0.3 is 4.74 Å². The first kappa shape index (κ1) is 15.8. The maximum absolute atomic E-state index is 12.5. The number of nitrogens with zero attached hydrogens (tertiary/aromatic N) is 2. The predicted octanol–water partition coefficient (Wildman–Crippen LogP) is 3.43. The molecule has 4 nitrogen and oxygen atoms in total. The number of esters is 1. The summed E-state index contributed by atoms with van der Waals surface area (Å²) in [5.74, 6) is -0.0451. The number of carbonyl (C=O) groups is 1. The first-order valence-electron chi connectivity index (χ1n) is 7.81. The topological polar surface area (TPSA) is 73.9 Å². The second-order valence-electron chi connectivity index (χ2n) is 7.41. The predicted molar refractivity (Wildman–Crippen MR) is 77.6 cm³/mol. The lowest BCUT2D eigenvalue weighted by Gasteiger charge is -2.37. The Morgan fingerprint density at radius 2 is 1.86 bits per heavy atom. The molecule has 1 aliphatic carbocycles. The van der Waals surface area contributed by atoms with Crippen molar-refractivity contribution in [3.05, 3.63) is 0 Å². The Hall–Kier alpha value is -1.55. The Morgan fingerprint density at radius 1 is 1.24 bits per heavy atom. The van der Waals surface area contributed by atoms with Crippen LogP contribution in [0.25, 0.3) is 0 Å². The van der Waals surface area contributed by atoms with Crippen LogP contribution in [0.2, 0.25) is 0 Å². The summed E-state index contributed by atoms with van der Waals surface area (Å²) in [5, 5.41) is 18.4. The van der Waals surface area contributed by atoms with E-state index in [0.717, 1.165) is 0 Å². The SMILES string of the molecule is CC(C)C(C)C1(C)CC2(CCC(C#N)C(C#N)C2)OC1=O. The van der Waals surface area contributed by atoms with Gasteiger partial charge in [0.2, 0.25) is 0 Å². The third-order valence-electron chi connectivity index (χ3n) is 5.79. The molecule has 1 spiro atoms. The summed E-state index contributed by atoms with van der Waals surface area (Å²) in [4.78, 5) is 12.5. The summed E-state index contributed by atoms with van der Waals surface area (Å²) in [6, 6.07) is 4.46. The molecular weight excluding hydrogens is 264 g/mol. The van der Waals surface area contributed by atoms with Gasteiger partial charge in [-0.05, 0) is 31.6 Å². The fourth-order valence-corrected chi connectivity index (χ4v) is 3.98. The van der Waals surface area contributed by atoms with Crippen LogP contribution in [-0.2, 0) is 9.53 Å². The van der Waals surface area contributed by atoms with Gasteiger partial charge in [-0.25, -0.2) is 0 Å². The van der Waals surface area contributed by atoms with E-state index in [-0.39, 0.29) is 23.7 Å². The van der Waals surface area contributed by atoms with Crippen LogP contribution in [0.4, 0.5) is 0 Å². The first-order valence-corrected chi connectivity index (χ1v) is 7.81. The number of hydrogen-bond donors (Lipinski definition) is 0. The number of nitriles is 2. The van der Waals surface area contributed by atoms with Gasteiger partial charge in [0, 0.05) is 12.8 Å². The zero-order valence-electron chi connectivity index (χ0n) is 13.3. The molecule has 0 N–H and O–H groups in total. The van der Waals surface area contributed by atoms with Crippen LogP contribution in [-0.4, -0.2) is 11.6 Å². The zero-order valence-corrected chi connectivity index (χ0v) is 13.3. The van der Waals surface area contributed by atoms with E-state index in [0.29, 0.717) is 31.6 Å². The van der Waals surface area contributed by atoms with Gasteiger partial charge in [-0.15, -0.1) is 0 Å². The van der Waals surface area contributed by atoms with Gasteiger partial charge in [0.15, 0.2) is 0 Å². The maximum Gasteiger partial charge on any atom is 0.312 e. The van der Waals surface area contributed by atoms with Crippen LogP contribution in [0.1, 0.15) is 53.4 Å². The molecular formula is C17H24N2O2. The Morgan fingerprint density at radius 3 is 2.38 bits per heavy atom. The second-order valence-corrected chi connectivity index (χ2v) is 7.41. The normalized spacial score (nSPS) is 40.6. The molecule has 1 aliphatic heterocycles. The smallest absolute Gasteiger partial charge is 0.312 e. The lowest BCUT2D eigenvalue weighted by Crippen LogP contribution is -2.39. The van der Waals surface area contributed by atoms with E-state index in [1.54, 1.807) is 0 Å². The Kier molecular flexibility index (Phi) is 4.02. The monoisotopic (exact) mass is 288 g/mol. The molecule has 21 heavy (non-hydrogen) atoms. The third kappa shape index (κ3) is 2.53. The minimum atomic E-state index is -0.525. The van der Waals surface area contributed by atoms with Crippen molar-refractivity contribution in [1.82, 2.24) is 0 Å². The fraction of sp³-hybridized carbons (Fsp3) is 0.824. The van der Waals surface area contributed by atoms with E-state index in [9.17, 15) is 10.1 Å². The van der Waals surface area contributed by atoms with E-state index in [1.807, 2.05) is 6.92 Å². The number of hydrogen-bond acceptors (Lipinski definition) is 4. The molecule has 2 fully saturated rings. The number of rotatable bonds is 2. The highest BCUT2D eigenvalue weighted by Gasteiger charge is 2.58. The van der Waals surface area contributed by atoms with Gasteiger partial charge in [-0.3, -0.25) is 4.79 Å². The zero-order chi connectivity index (χ0) is 15.8. The van der Waals surface area contributed by atoms with E-state index in [1.165, 1.54) is 0 Å². The van der Waals surface area contributed by atoms with Gasteiger partial charge in [-0.2, -0.15) is 10.5 Å². The fourth-order valence-electron chi connectivity index (χ4n) is 3.98. The van der Waals surface area contributed by atoms with Crippen molar-refractivity contribution >= 4 is 5.97 Å². The number of carbonyl (C=O) groups excluding carboxylic acids is 1. The van der Waals surface area contributed by atoms with Crippen LogP contribution in [0, 0.1) is 51.7 Å². The van der Waals surface area contributed by atoms with Crippen LogP contribution in [0.15, 0.2) is 0 Å². The molecule has 0 bridgehead atoms. The lowest BCUT2D eigenvalue weighted by molar-refractivity contribution is -0.158. The van der Waals surface area contributed by atoms with Gasteiger partial charge in [0.05, 0.1) is 29.4 Å². The molecule has 1 saturated carbocycles. The van der Waals surface area contributed by atoms with Crippen LogP contribution in [0.5, 0.6) is 0 Å². The molecule has 4 heteroatoms. The second kappa shape index (κ2) is 5.34. The van der Waals surface area contributed by atoms with Crippen molar-refractivity contribution in [2.24, 2.45) is 29.1 Å². The molecule has 0 aromatic carbocycles. The molecule has 5 unspecified atom stereocenters. The lowest BCUT2D eigenvalue weighted by atomic mass is 9.64. The molecule has 0 aromatic rings.